The van der Waals surface area contributed by atoms with Gasteiger partial charge in [0.15, 0.2) is 0 Å². The van der Waals surface area contributed by atoms with Crippen molar-refractivity contribution in [3.05, 3.63) is 65.2 Å². The average molecular weight is 467 g/mol. The van der Waals surface area contributed by atoms with Crippen molar-refractivity contribution in [3.63, 3.8) is 0 Å². The average Bonchev–Trinajstić information content (AvgIpc) is 3.33. The van der Waals surface area contributed by atoms with Crippen LogP contribution in [-0.2, 0) is 14.3 Å². The van der Waals surface area contributed by atoms with Crippen LogP contribution in [0.3, 0.4) is 0 Å². The number of carbonyl (C=O) groups excluding carboxylic acids is 2. The molecule has 2 aromatic carbocycles. The maximum absolute atomic E-state index is 13.7. The van der Waals surface area contributed by atoms with Crippen LogP contribution < -0.4 is 10.1 Å². The van der Waals surface area contributed by atoms with E-state index in [2.05, 4.69) is 23.2 Å². The lowest BCUT2D eigenvalue weighted by Gasteiger charge is -2.43. The Bertz CT molecular complexity index is 1000. The number of rotatable bonds is 7. The third-order valence-corrected chi connectivity index (χ3v) is 6.96. The summed E-state index contributed by atoms with van der Waals surface area (Å²) in [5, 5.41) is 3.23. The predicted molar refractivity (Wildman–Crippen MR) is 129 cm³/mol. The Labute approximate surface area is 201 Å². The fraction of sp³-hybridized carbons (Fsp3) is 0.481. The zero-order valence-electron chi connectivity index (χ0n) is 20.2. The van der Waals surface area contributed by atoms with Crippen molar-refractivity contribution in [2.45, 2.75) is 50.8 Å². The number of ether oxygens (including phenoxy) is 3. The van der Waals surface area contributed by atoms with Crippen molar-refractivity contribution in [3.8, 4) is 5.75 Å². The summed E-state index contributed by atoms with van der Waals surface area (Å²) in [7, 11) is 1.36. The molecule has 2 fully saturated rings. The lowest BCUT2D eigenvalue weighted by molar-refractivity contribution is -0.140. The minimum absolute atomic E-state index is 0.0246. The van der Waals surface area contributed by atoms with Gasteiger partial charge in [0.2, 0.25) is 5.91 Å². The van der Waals surface area contributed by atoms with Crippen molar-refractivity contribution in [2.75, 3.05) is 33.4 Å². The SMILES string of the molecule is COC(=O)c1ccc([C@H](C)NC(=O)C2(N3CC[C@@H](Oc4cccc(C)c4)C3)CCOCC2)cc1. The van der Waals surface area contributed by atoms with Gasteiger partial charge in [0.25, 0.3) is 0 Å². The van der Waals surface area contributed by atoms with Crippen LogP contribution >= 0.6 is 0 Å². The van der Waals surface area contributed by atoms with Crippen LogP contribution in [0.1, 0.15) is 53.7 Å². The van der Waals surface area contributed by atoms with E-state index in [9.17, 15) is 9.59 Å². The van der Waals surface area contributed by atoms with Crippen LogP contribution in [0.5, 0.6) is 5.75 Å². The highest BCUT2D eigenvalue weighted by atomic mass is 16.5. The highest BCUT2D eigenvalue weighted by molar-refractivity contribution is 5.89. The molecule has 34 heavy (non-hydrogen) atoms. The van der Waals surface area contributed by atoms with Gasteiger partial charge in [0, 0.05) is 26.3 Å². The minimum atomic E-state index is -0.608. The first-order chi connectivity index (χ1) is 16.4. The third-order valence-electron chi connectivity index (χ3n) is 6.96. The highest BCUT2D eigenvalue weighted by Gasteiger charge is 2.48. The monoisotopic (exact) mass is 466 g/mol. The molecule has 0 spiro atoms. The largest absolute Gasteiger partial charge is 0.489 e. The lowest BCUT2D eigenvalue weighted by atomic mass is 9.86. The summed E-state index contributed by atoms with van der Waals surface area (Å²) in [5.74, 6) is 0.527. The van der Waals surface area contributed by atoms with Gasteiger partial charge in [-0.2, -0.15) is 0 Å². The Balaban J connectivity index is 1.44. The smallest absolute Gasteiger partial charge is 0.337 e. The second-order valence-electron chi connectivity index (χ2n) is 9.24. The second-order valence-corrected chi connectivity index (χ2v) is 9.24. The van der Waals surface area contributed by atoms with E-state index in [1.54, 1.807) is 12.1 Å². The minimum Gasteiger partial charge on any atom is -0.489 e. The Hall–Kier alpha value is -2.90. The number of nitrogens with zero attached hydrogens (tertiary/aromatic N) is 1. The molecule has 7 heteroatoms. The van der Waals surface area contributed by atoms with Crippen molar-refractivity contribution >= 4 is 11.9 Å². The quantitative estimate of drug-likeness (QED) is 0.628. The number of amides is 1. The van der Waals surface area contributed by atoms with Gasteiger partial charge in [-0.05, 0) is 68.5 Å². The number of esters is 1. The third kappa shape index (κ3) is 5.26. The molecular formula is C27H34N2O5. The number of methoxy groups -OCH3 is 1. The Morgan fingerprint density at radius 3 is 2.56 bits per heavy atom. The van der Waals surface area contributed by atoms with Crippen LogP contribution in [-0.4, -0.2) is 61.8 Å². The topological polar surface area (TPSA) is 77.1 Å². The summed E-state index contributed by atoms with van der Waals surface area (Å²) in [6.45, 7) is 6.67. The number of hydrogen-bond acceptors (Lipinski definition) is 6. The van der Waals surface area contributed by atoms with E-state index >= 15 is 0 Å². The standard InChI is InChI=1S/C27H34N2O5/c1-19-5-4-6-23(17-19)34-24-11-14-29(18-24)27(12-15-33-16-13-27)26(31)28-20(2)21-7-9-22(10-8-21)25(30)32-3/h4-10,17,20,24H,11-16,18H2,1-3H3,(H,28,31)/t20-,24+/m0/s1. The molecule has 2 aliphatic rings. The van der Waals surface area contributed by atoms with Crippen LogP contribution in [0.15, 0.2) is 48.5 Å². The molecule has 1 amide bonds. The van der Waals surface area contributed by atoms with E-state index < -0.39 is 5.54 Å². The fourth-order valence-electron chi connectivity index (χ4n) is 4.93. The number of nitrogens with one attached hydrogen (secondary N) is 1. The molecule has 0 bridgehead atoms. The Kier molecular flexibility index (Phi) is 7.54. The summed E-state index contributed by atoms with van der Waals surface area (Å²) >= 11 is 0. The molecule has 2 saturated heterocycles. The van der Waals surface area contributed by atoms with Gasteiger partial charge in [0.05, 0.1) is 18.7 Å². The van der Waals surface area contributed by atoms with E-state index in [1.165, 1.54) is 12.7 Å². The zero-order valence-corrected chi connectivity index (χ0v) is 20.2. The molecule has 2 aliphatic heterocycles. The first kappa shape index (κ1) is 24.2. The van der Waals surface area contributed by atoms with Crippen molar-refractivity contribution in [1.29, 1.82) is 0 Å². The van der Waals surface area contributed by atoms with E-state index in [-0.39, 0.29) is 24.0 Å². The number of benzene rings is 2. The van der Waals surface area contributed by atoms with E-state index in [0.717, 1.165) is 24.3 Å². The number of carbonyl (C=O) groups is 2. The highest BCUT2D eigenvalue weighted by Crippen LogP contribution is 2.33. The van der Waals surface area contributed by atoms with Crippen LogP contribution in [0.25, 0.3) is 0 Å². The van der Waals surface area contributed by atoms with Crippen molar-refractivity contribution in [2.24, 2.45) is 0 Å². The Morgan fingerprint density at radius 2 is 1.88 bits per heavy atom. The molecule has 0 aliphatic carbocycles. The molecule has 2 aromatic rings. The molecular weight excluding hydrogens is 432 g/mol. The van der Waals surface area contributed by atoms with Crippen LogP contribution in [0.2, 0.25) is 0 Å². The van der Waals surface area contributed by atoms with Crippen LogP contribution in [0, 0.1) is 6.92 Å². The first-order valence-electron chi connectivity index (χ1n) is 12.0. The summed E-state index contributed by atoms with van der Waals surface area (Å²) in [6, 6.07) is 15.1. The van der Waals surface area contributed by atoms with Gasteiger partial charge in [-0.1, -0.05) is 24.3 Å². The van der Waals surface area contributed by atoms with Crippen molar-refractivity contribution < 1.29 is 23.8 Å². The first-order valence-corrected chi connectivity index (χ1v) is 12.0. The van der Waals surface area contributed by atoms with Crippen LogP contribution in [0.4, 0.5) is 0 Å². The molecule has 0 aromatic heterocycles. The molecule has 0 unspecified atom stereocenters. The van der Waals surface area contributed by atoms with Gasteiger partial charge in [-0.25, -0.2) is 4.79 Å². The summed E-state index contributed by atoms with van der Waals surface area (Å²) in [4.78, 5) is 27.7. The normalized spacial score (nSPS) is 21.0. The molecule has 2 heterocycles. The molecule has 0 saturated carbocycles. The van der Waals surface area contributed by atoms with Gasteiger partial charge in [-0.3, -0.25) is 9.69 Å². The summed E-state index contributed by atoms with van der Waals surface area (Å²) < 4.78 is 16.6. The van der Waals surface area contributed by atoms with E-state index in [4.69, 9.17) is 14.2 Å². The predicted octanol–water partition coefficient (Wildman–Crippen LogP) is 3.66. The molecule has 1 N–H and O–H groups in total. The van der Waals surface area contributed by atoms with Gasteiger partial charge in [0.1, 0.15) is 17.4 Å². The van der Waals surface area contributed by atoms with Gasteiger partial charge >= 0.3 is 5.97 Å². The summed E-state index contributed by atoms with van der Waals surface area (Å²) in [5.41, 5.74) is 1.98. The molecule has 2 atom stereocenters. The van der Waals surface area contributed by atoms with Gasteiger partial charge in [-0.15, -0.1) is 0 Å². The maximum Gasteiger partial charge on any atom is 0.337 e. The van der Waals surface area contributed by atoms with E-state index in [0.29, 0.717) is 38.2 Å². The Morgan fingerprint density at radius 1 is 1.15 bits per heavy atom. The second kappa shape index (κ2) is 10.6. The maximum atomic E-state index is 13.7. The van der Waals surface area contributed by atoms with Crippen molar-refractivity contribution in [1.82, 2.24) is 10.2 Å². The van der Waals surface area contributed by atoms with Gasteiger partial charge < -0.3 is 19.5 Å². The molecule has 4 rings (SSSR count). The summed E-state index contributed by atoms with van der Waals surface area (Å²) in [6.07, 6.45) is 2.25. The fourth-order valence-corrected chi connectivity index (χ4v) is 4.93. The number of likely N-dealkylation sites (tertiary alicyclic amines) is 1. The zero-order chi connectivity index (χ0) is 24.1. The molecule has 182 valence electrons. The number of aryl methyl sites for hydroxylation is 1. The molecule has 7 nitrogen and oxygen atoms in total. The number of hydrogen-bond donors (Lipinski definition) is 1. The van der Waals surface area contributed by atoms with E-state index in [1.807, 2.05) is 37.3 Å². The molecule has 0 radical (unpaired) electrons. The lowest BCUT2D eigenvalue weighted by Crippen LogP contribution is -2.61.